The average Bonchev–Trinajstić information content (AvgIpc) is 3.27. The molecule has 6 rings (SSSR count). The number of pyridine rings is 3. The standard InChI is InChI=1S/C27H25N5O2/c1-2-20(16-28-7-1)25-15-23-24-14-21(17-30-27(24)31-26(23)18-29-25)19-3-5-22(6-4-19)34-13-10-32-8-11-33-12-9-32/h1-7,14-18H,8-13H2,(H,30,31). The number of hydrogen-bond donors (Lipinski definition) is 1. The monoisotopic (exact) mass is 451 g/mol. The van der Waals surface area contributed by atoms with Crippen molar-refractivity contribution in [3.63, 3.8) is 0 Å². The van der Waals surface area contributed by atoms with Crippen LogP contribution in [0.4, 0.5) is 0 Å². The summed E-state index contributed by atoms with van der Waals surface area (Å²) in [5.74, 6) is 0.880. The quantitative estimate of drug-likeness (QED) is 0.408. The molecule has 7 nitrogen and oxygen atoms in total. The third-order valence-corrected chi connectivity index (χ3v) is 6.26. The van der Waals surface area contributed by atoms with Crippen LogP contribution in [0, 0.1) is 0 Å². The van der Waals surface area contributed by atoms with Crippen LogP contribution in [0.15, 0.2) is 73.3 Å². The number of H-pyrrole nitrogens is 1. The smallest absolute Gasteiger partial charge is 0.138 e. The lowest BCUT2D eigenvalue weighted by Gasteiger charge is -2.26. The Hall–Kier alpha value is -3.81. The van der Waals surface area contributed by atoms with Gasteiger partial charge in [-0.25, -0.2) is 4.98 Å². The van der Waals surface area contributed by atoms with Gasteiger partial charge in [-0.05, 0) is 42.0 Å². The molecular formula is C27H25N5O2. The molecule has 1 aliphatic rings. The summed E-state index contributed by atoms with van der Waals surface area (Å²) >= 11 is 0. The van der Waals surface area contributed by atoms with Crippen LogP contribution in [0.25, 0.3) is 44.3 Å². The fourth-order valence-corrected chi connectivity index (χ4v) is 4.37. The third kappa shape index (κ3) is 4.23. The van der Waals surface area contributed by atoms with E-state index in [1.807, 2.05) is 42.9 Å². The Morgan fingerprint density at radius 2 is 1.76 bits per heavy atom. The molecule has 0 unspecified atom stereocenters. The number of ether oxygens (including phenoxy) is 2. The molecule has 1 aliphatic heterocycles. The highest BCUT2D eigenvalue weighted by molar-refractivity contribution is 6.07. The maximum absolute atomic E-state index is 5.96. The van der Waals surface area contributed by atoms with Gasteiger partial charge in [0.15, 0.2) is 0 Å². The van der Waals surface area contributed by atoms with Gasteiger partial charge in [0.1, 0.15) is 18.0 Å². The van der Waals surface area contributed by atoms with Crippen LogP contribution < -0.4 is 4.74 Å². The van der Waals surface area contributed by atoms with Crippen LogP contribution >= 0.6 is 0 Å². The fraction of sp³-hybridized carbons (Fsp3) is 0.222. The van der Waals surface area contributed by atoms with Crippen LogP contribution in [-0.4, -0.2) is 64.3 Å². The normalized spacial score (nSPS) is 14.6. The zero-order valence-corrected chi connectivity index (χ0v) is 18.8. The number of nitrogens with one attached hydrogen (secondary N) is 1. The Balaban J connectivity index is 1.23. The van der Waals surface area contributed by atoms with Crippen molar-refractivity contribution < 1.29 is 9.47 Å². The summed E-state index contributed by atoms with van der Waals surface area (Å²) in [6.45, 7) is 5.17. The van der Waals surface area contributed by atoms with E-state index in [2.05, 4.69) is 49.1 Å². The van der Waals surface area contributed by atoms with E-state index in [4.69, 9.17) is 9.47 Å². The molecule has 1 N–H and O–H groups in total. The van der Waals surface area contributed by atoms with Crippen molar-refractivity contribution in [3.05, 3.63) is 73.3 Å². The second-order valence-electron chi connectivity index (χ2n) is 8.43. The number of nitrogens with zero attached hydrogens (tertiary/aromatic N) is 4. The summed E-state index contributed by atoms with van der Waals surface area (Å²) in [6, 6.07) is 16.5. The topological polar surface area (TPSA) is 76.2 Å². The zero-order valence-electron chi connectivity index (χ0n) is 18.8. The number of hydrogen-bond acceptors (Lipinski definition) is 6. The number of benzene rings is 1. The lowest BCUT2D eigenvalue weighted by atomic mass is 10.1. The molecule has 0 amide bonds. The maximum Gasteiger partial charge on any atom is 0.138 e. The molecule has 7 heteroatoms. The third-order valence-electron chi connectivity index (χ3n) is 6.26. The minimum atomic E-state index is 0.676. The molecule has 1 aromatic carbocycles. The van der Waals surface area contributed by atoms with E-state index >= 15 is 0 Å². The Morgan fingerprint density at radius 1 is 0.882 bits per heavy atom. The van der Waals surface area contributed by atoms with Gasteiger partial charge >= 0.3 is 0 Å². The molecule has 5 heterocycles. The van der Waals surface area contributed by atoms with E-state index in [-0.39, 0.29) is 0 Å². The average molecular weight is 452 g/mol. The van der Waals surface area contributed by atoms with Crippen LogP contribution in [0.1, 0.15) is 0 Å². The van der Waals surface area contributed by atoms with Gasteiger partial charge in [-0.15, -0.1) is 0 Å². The van der Waals surface area contributed by atoms with Crippen molar-refractivity contribution in [3.8, 4) is 28.1 Å². The van der Waals surface area contributed by atoms with Crippen LogP contribution in [0.2, 0.25) is 0 Å². The van der Waals surface area contributed by atoms with E-state index in [1.165, 1.54) is 0 Å². The largest absolute Gasteiger partial charge is 0.492 e. The number of morpholine rings is 1. The molecular weight excluding hydrogens is 426 g/mol. The van der Waals surface area contributed by atoms with Gasteiger partial charge in [-0.3, -0.25) is 14.9 Å². The van der Waals surface area contributed by atoms with E-state index in [0.717, 1.165) is 82.9 Å². The molecule has 34 heavy (non-hydrogen) atoms. The summed E-state index contributed by atoms with van der Waals surface area (Å²) in [5.41, 5.74) is 5.87. The highest BCUT2D eigenvalue weighted by Crippen LogP contribution is 2.31. The van der Waals surface area contributed by atoms with E-state index < -0.39 is 0 Å². The fourth-order valence-electron chi connectivity index (χ4n) is 4.37. The minimum Gasteiger partial charge on any atom is -0.492 e. The minimum absolute atomic E-state index is 0.676. The molecule has 0 atom stereocenters. The van der Waals surface area contributed by atoms with Crippen molar-refractivity contribution in [2.24, 2.45) is 0 Å². The molecule has 1 saturated heterocycles. The predicted molar refractivity (Wildman–Crippen MR) is 133 cm³/mol. The summed E-state index contributed by atoms with van der Waals surface area (Å²) in [7, 11) is 0. The molecule has 4 aromatic heterocycles. The molecule has 170 valence electrons. The highest BCUT2D eigenvalue weighted by atomic mass is 16.5. The van der Waals surface area contributed by atoms with Crippen molar-refractivity contribution in [1.82, 2.24) is 24.8 Å². The molecule has 0 saturated carbocycles. The van der Waals surface area contributed by atoms with Crippen molar-refractivity contribution in [1.29, 1.82) is 0 Å². The molecule has 0 spiro atoms. The molecule has 0 bridgehead atoms. The van der Waals surface area contributed by atoms with E-state index in [1.54, 1.807) is 6.20 Å². The summed E-state index contributed by atoms with van der Waals surface area (Å²) in [6.07, 6.45) is 7.37. The zero-order chi connectivity index (χ0) is 22.7. The van der Waals surface area contributed by atoms with Crippen LogP contribution in [0.5, 0.6) is 5.75 Å². The van der Waals surface area contributed by atoms with E-state index in [0.29, 0.717) is 6.61 Å². The SMILES string of the molecule is c1cncc(-c2cc3c(cn2)[nH]c2ncc(-c4ccc(OCCN5CCOCC5)cc4)cc23)c1. The van der Waals surface area contributed by atoms with Gasteiger partial charge in [-0.2, -0.15) is 0 Å². The predicted octanol–water partition coefficient (Wildman–Crippen LogP) is 4.55. The lowest BCUT2D eigenvalue weighted by molar-refractivity contribution is 0.0322. The Bertz CT molecular complexity index is 1410. The first-order valence-electron chi connectivity index (χ1n) is 11.5. The Kier molecular flexibility index (Phi) is 5.63. The van der Waals surface area contributed by atoms with E-state index in [9.17, 15) is 0 Å². The Morgan fingerprint density at radius 3 is 2.59 bits per heavy atom. The van der Waals surface area contributed by atoms with Gasteiger partial charge < -0.3 is 14.5 Å². The van der Waals surface area contributed by atoms with Crippen molar-refractivity contribution in [2.75, 3.05) is 39.5 Å². The maximum atomic E-state index is 5.96. The summed E-state index contributed by atoms with van der Waals surface area (Å²) < 4.78 is 11.4. The first kappa shape index (κ1) is 20.8. The van der Waals surface area contributed by atoms with Gasteiger partial charge in [-0.1, -0.05) is 12.1 Å². The first-order chi connectivity index (χ1) is 16.8. The lowest BCUT2D eigenvalue weighted by Crippen LogP contribution is -2.38. The molecule has 0 radical (unpaired) electrons. The van der Waals surface area contributed by atoms with Gasteiger partial charge in [0.05, 0.1) is 30.6 Å². The number of rotatable bonds is 6. The van der Waals surface area contributed by atoms with Crippen molar-refractivity contribution >= 4 is 21.9 Å². The molecule has 1 fully saturated rings. The summed E-state index contributed by atoms with van der Waals surface area (Å²) in [5, 5.41) is 2.17. The Labute approximate surface area is 197 Å². The number of fused-ring (bicyclic) bond motifs is 3. The second kappa shape index (κ2) is 9.21. The van der Waals surface area contributed by atoms with Crippen LogP contribution in [-0.2, 0) is 4.74 Å². The van der Waals surface area contributed by atoms with Gasteiger partial charge in [0.2, 0.25) is 0 Å². The number of aromatic amines is 1. The first-order valence-corrected chi connectivity index (χ1v) is 11.5. The summed E-state index contributed by atoms with van der Waals surface area (Å²) in [4.78, 5) is 19.2. The van der Waals surface area contributed by atoms with Crippen LogP contribution in [0.3, 0.4) is 0 Å². The molecule has 0 aliphatic carbocycles. The second-order valence-corrected chi connectivity index (χ2v) is 8.43. The van der Waals surface area contributed by atoms with Gasteiger partial charge in [0.25, 0.3) is 0 Å². The van der Waals surface area contributed by atoms with Gasteiger partial charge in [0, 0.05) is 60.1 Å². The van der Waals surface area contributed by atoms with Crippen molar-refractivity contribution in [2.45, 2.75) is 0 Å². The number of aromatic nitrogens is 4. The molecule has 5 aromatic rings. The highest BCUT2D eigenvalue weighted by Gasteiger charge is 2.11.